The number of esters is 1. The molecule has 0 aliphatic rings. The Morgan fingerprint density at radius 1 is 1.53 bits per heavy atom. The van der Waals surface area contributed by atoms with Gasteiger partial charge in [0.15, 0.2) is 0 Å². The van der Waals surface area contributed by atoms with Gasteiger partial charge in [-0.3, -0.25) is 5.84 Å². The summed E-state index contributed by atoms with van der Waals surface area (Å²) in [5.74, 6) is 5.28. The van der Waals surface area contributed by atoms with E-state index in [1.54, 1.807) is 0 Å². The number of rotatable bonds is 4. The van der Waals surface area contributed by atoms with E-state index in [1.165, 1.54) is 19.2 Å². The third-order valence-electron chi connectivity index (χ3n) is 1.93. The number of nitrogen functional groups attached to an aromatic ring is 1. The Morgan fingerprint density at radius 3 is 2.65 bits per heavy atom. The van der Waals surface area contributed by atoms with Gasteiger partial charge in [-0.15, -0.1) is 12.4 Å². The topological polar surface area (TPSA) is 73.6 Å². The molecule has 0 heterocycles. The fourth-order valence-electron chi connectivity index (χ4n) is 1.21. The Morgan fingerprint density at radius 2 is 2.18 bits per heavy atom. The van der Waals surface area contributed by atoms with E-state index >= 15 is 0 Å². The molecule has 0 saturated carbocycles. The molecule has 96 valence electrons. The summed E-state index contributed by atoms with van der Waals surface area (Å²) in [5.41, 5.74) is 3.15. The van der Waals surface area contributed by atoms with Crippen LogP contribution in [0.25, 0.3) is 0 Å². The van der Waals surface area contributed by atoms with Crippen LogP contribution in [0.3, 0.4) is 0 Å². The fraction of sp³-hybridized carbons (Fsp3) is 0.300. The Hall–Kier alpha value is -1.17. The van der Waals surface area contributed by atoms with E-state index in [-0.39, 0.29) is 23.0 Å². The van der Waals surface area contributed by atoms with Gasteiger partial charge in [0.25, 0.3) is 0 Å². The number of hydrogen-bond donors (Lipinski definition) is 2. The van der Waals surface area contributed by atoms with Crippen molar-refractivity contribution in [2.45, 2.75) is 6.92 Å². The van der Waals surface area contributed by atoms with Crippen molar-refractivity contribution in [3.63, 3.8) is 0 Å². The minimum absolute atomic E-state index is 0. The van der Waals surface area contributed by atoms with E-state index in [0.717, 1.165) is 0 Å². The molecule has 7 heteroatoms. The van der Waals surface area contributed by atoms with Crippen LogP contribution in [0.15, 0.2) is 12.1 Å². The predicted octanol–water partition coefficient (Wildman–Crippen LogP) is 2.23. The second-order valence-corrected chi connectivity index (χ2v) is 3.30. The molecule has 0 atom stereocenters. The highest BCUT2D eigenvalue weighted by atomic mass is 35.5. The zero-order valence-corrected chi connectivity index (χ0v) is 11.0. The summed E-state index contributed by atoms with van der Waals surface area (Å²) in [6.07, 6.45) is 0. The lowest BCUT2D eigenvalue weighted by atomic mass is 10.2. The number of hydrogen-bond acceptors (Lipinski definition) is 5. The summed E-state index contributed by atoms with van der Waals surface area (Å²) in [7, 11) is 1.28. The van der Waals surface area contributed by atoms with Gasteiger partial charge in [0.1, 0.15) is 5.75 Å². The molecule has 5 nitrogen and oxygen atoms in total. The van der Waals surface area contributed by atoms with Crippen LogP contribution in [0, 0.1) is 0 Å². The van der Waals surface area contributed by atoms with Crippen molar-refractivity contribution >= 4 is 35.7 Å². The van der Waals surface area contributed by atoms with Gasteiger partial charge in [-0.25, -0.2) is 4.79 Å². The fourth-order valence-corrected chi connectivity index (χ4v) is 1.44. The summed E-state index contributed by atoms with van der Waals surface area (Å²) in [6.45, 7) is 2.31. The van der Waals surface area contributed by atoms with Crippen LogP contribution in [-0.4, -0.2) is 19.7 Å². The first-order valence-corrected chi connectivity index (χ1v) is 5.03. The van der Waals surface area contributed by atoms with Crippen LogP contribution in [0.5, 0.6) is 5.75 Å². The maximum Gasteiger partial charge on any atom is 0.339 e. The van der Waals surface area contributed by atoms with Gasteiger partial charge < -0.3 is 14.9 Å². The Labute approximate surface area is 111 Å². The highest BCUT2D eigenvalue weighted by molar-refractivity contribution is 6.33. The van der Waals surface area contributed by atoms with E-state index in [0.29, 0.717) is 18.0 Å². The third-order valence-corrected chi connectivity index (χ3v) is 2.24. The lowest BCUT2D eigenvalue weighted by Crippen LogP contribution is -2.11. The molecule has 1 aromatic rings. The molecule has 0 fully saturated rings. The molecule has 1 rings (SSSR count). The van der Waals surface area contributed by atoms with Crippen molar-refractivity contribution in [1.29, 1.82) is 0 Å². The second kappa shape index (κ2) is 7.21. The number of nitrogens with one attached hydrogen (secondary N) is 1. The van der Waals surface area contributed by atoms with E-state index in [1.807, 2.05) is 6.92 Å². The quantitative estimate of drug-likeness (QED) is 0.503. The van der Waals surface area contributed by atoms with E-state index in [2.05, 4.69) is 10.2 Å². The molecule has 0 unspecified atom stereocenters. The maximum absolute atomic E-state index is 11.4. The van der Waals surface area contributed by atoms with Crippen LogP contribution in [0.2, 0.25) is 5.02 Å². The molecule has 0 spiro atoms. The number of anilines is 1. The SMILES string of the molecule is CCOc1cc(Cl)c(C(=O)OC)cc1NN.Cl. The standard InChI is InChI=1S/C10H13ClN2O3.ClH/c1-3-16-9-5-7(11)6(10(14)15-2)4-8(9)13-12;/h4-5,13H,3,12H2,1-2H3;1H. The first-order valence-electron chi connectivity index (χ1n) is 4.65. The van der Waals surface area contributed by atoms with E-state index in [4.69, 9.17) is 22.2 Å². The molecule has 0 radical (unpaired) electrons. The van der Waals surface area contributed by atoms with E-state index in [9.17, 15) is 4.79 Å². The number of carbonyl (C=O) groups excluding carboxylic acids is 1. The van der Waals surface area contributed by atoms with Gasteiger partial charge in [0, 0.05) is 6.07 Å². The van der Waals surface area contributed by atoms with Gasteiger partial charge >= 0.3 is 5.97 Å². The average molecular weight is 281 g/mol. The van der Waals surface area contributed by atoms with Gasteiger partial charge in [-0.05, 0) is 13.0 Å². The number of nitrogens with two attached hydrogens (primary N) is 1. The van der Waals surface area contributed by atoms with Crippen LogP contribution >= 0.6 is 24.0 Å². The first-order chi connectivity index (χ1) is 7.63. The Balaban J connectivity index is 0.00000256. The van der Waals surface area contributed by atoms with Gasteiger partial charge in [0.05, 0.1) is 30.0 Å². The first kappa shape index (κ1) is 15.8. The molecule has 17 heavy (non-hydrogen) atoms. The largest absolute Gasteiger partial charge is 0.492 e. The highest BCUT2D eigenvalue weighted by Crippen LogP contribution is 2.31. The van der Waals surface area contributed by atoms with Crippen molar-refractivity contribution in [1.82, 2.24) is 0 Å². The van der Waals surface area contributed by atoms with Crippen LogP contribution in [-0.2, 0) is 4.74 Å². The molecule has 0 saturated heterocycles. The monoisotopic (exact) mass is 280 g/mol. The summed E-state index contributed by atoms with van der Waals surface area (Å²) in [6, 6.07) is 3.01. The number of methoxy groups -OCH3 is 1. The molecule has 0 bridgehead atoms. The molecular formula is C10H14Cl2N2O3. The molecule has 0 aliphatic carbocycles. The Bertz CT molecular complexity index is 399. The molecule has 0 amide bonds. The molecule has 0 aromatic heterocycles. The highest BCUT2D eigenvalue weighted by Gasteiger charge is 2.15. The van der Waals surface area contributed by atoms with Crippen molar-refractivity contribution in [3.05, 3.63) is 22.7 Å². The Kier molecular flexibility index (Phi) is 6.72. The van der Waals surface area contributed by atoms with Crippen molar-refractivity contribution < 1.29 is 14.3 Å². The van der Waals surface area contributed by atoms with Crippen LogP contribution in [0.4, 0.5) is 5.69 Å². The number of halogens is 2. The lowest BCUT2D eigenvalue weighted by Gasteiger charge is -2.12. The zero-order chi connectivity index (χ0) is 12.1. The van der Waals surface area contributed by atoms with Crippen LogP contribution < -0.4 is 16.0 Å². The maximum atomic E-state index is 11.4. The normalized spacial score (nSPS) is 9.18. The molecule has 0 aliphatic heterocycles. The summed E-state index contributed by atoms with van der Waals surface area (Å²) >= 11 is 5.92. The number of hydrazine groups is 1. The number of ether oxygens (including phenoxy) is 2. The number of benzene rings is 1. The smallest absolute Gasteiger partial charge is 0.339 e. The van der Waals surface area contributed by atoms with Crippen molar-refractivity contribution in [3.8, 4) is 5.75 Å². The minimum atomic E-state index is -0.524. The van der Waals surface area contributed by atoms with Crippen molar-refractivity contribution in [2.75, 3.05) is 19.1 Å². The third kappa shape index (κ3) is 3.66. The zero-order valence-electron chi connectivity index (χ0n) is 9.45. The van der Waals surface area contributed by atoms with Crippen LogP contribution in [0.1, 0.15) is 17.3 Å². The molecular weight excluding hydrogens is 267 g/mol. The van der Waals surface area contributed by atoms with Gasteiger partial charge in [-0.2, -0.15) is 0 Å². The van der Waals surface area contributed by atoms with Crippen molar-refractivity contribution in [2.24, 2.45) is 5.84 Å². The lowest BCUT2D eigenvalue weighted by molar-refractivity contribution is 0.0601. The molecule has 1 aromatic carbocycles. The minimum Gasteiger partial charge on any atom is -0.492 e. The molecule has 3 N–H and O–H groups in total. The summed E-state index contributed by atoms with van der Waals surface area (Å²) in [4.78, 5) is 11.4. The number of carbonyl (C=O) groups is 1. The van der Waals surface area contributed by atoms with Gasteiger partial charge in [0.2, 0.25) is 0 Å². The van der Waals surface area contributed by atoms with Gasteiger partial charge in [-0.1, -0.05) is 11.6 Å². The van der Waals surface area contributed by atoms with E-state index < -0.39 is 5.97 Å². The summed E-state index contributed by atoms with van der Waals surface area (Å²) < 4.78 is 9.88. The average Bonchev–Trinajstić information content (AvgIpc) is 2.29. The predicted molar refractivity (Wildman–Crippen MR) is 69.0 cm³/mol. The second-order valence-electron chi connectivity index (χ2n) is 2.90. The summed E-state index contributed by atoms with van der Waals surface area (Å²) in [5, 5.41) is 0.259.